The zero-order chi connectivity index (χ0) is 11.4. The van der Waals surface area contributed by atoms with Crippen molar-refractivity contribution < 1.29 is 9.50 Å². The first-order valence-electron chi connectivity index (χ1n) is 5.90. The average molecular weight is 223 g/mol. The Morgan fingerprint density at radius 2 is 2.12 bits per heavy atom. The van der Waals surface area contributed by atoms with Crippen LogP contribution in [-0.2, 0) is 6.54 Å². The quantitative estimate of drug-likeness (QED) is 0.823. The Labute approximate surface area is 95.5 Å². The lowest BCUT2D eigenvalue weighted by molar-refractivity contribution is 0.111. The topological polar surface area (TPSA) is 32.3 Å². The van der Waals surface area contributed by atoms with E-state index in [1.54, 1.807) is 12.1 Å². The molecule has 0 spiro atoms. The molecule has 1 fully saturated rings. The highest BCUT2D eigenvalue weighted by molar-refractivity contribution is 5.17. The molecule has 1 aliphatic rings. The van der Waals surface area contributed by atoms with Crippen molar-refractivity contribution in [3.8, 4) is 0 Å². The molecule has 0 aromatic heterocycles. The number of nitrogens with one attached hydrogen (secondary N) is 1. The average Bonchev–Trinajstić information content (AvgIpc) is 2.28. The van der Waals surface area contributed by atoms with Crippen molar-refractivity contribution in [3.05, 3.63) is 35.6 Å². The third-order valence-corrected chi connectivity index (χ3v) is 3.19. The summed E-state index contributed by atoms with van der Waals surface area (Å²) < 4.78 is 13.3. The van der Waals surface area contributed by atoms with Gasteiger partial charge in [-0.25, -0.2) is 4.39 Å². The molecule has 2 nitrogen and oxygen atoms in total. The highest BCUT2D eigenvalue weighted by Gasteiger charge is 2.19. The van der Waals surface area contributed by atoms with Crippen molar-refractivity contribution in [2.75, 3.05) is 0 Å². The van der Waals surface area contributed by atoms with Gasteiger partial charge in [0.2, 0.25) is 0 Å². The zero-order valence-electron chi connectivity index (χ0n) is 9.32. The molecule has 2 N–H and O–H groups in total. The molecule has 2 rings (SSSR count). The highest BCUT2D eigenvalue weighted by Crippen LogP contribution is 2.18. The smallest absolute Gasteiger partial charge is 0.127 e. The van der Waals surface area contributed by atoms with E-state index < -0.39 is 0 Å². The van der Waals surface area contributed by atoms with E-state index in [1.165, 1.54) is 6.07 Å². The molecule has 1 aliphatic carbocycles. The first kappa shape index (κ1) is 11.6. The lowest BCUT2D eigenvalue weighted by Crippen LogP contribution is -2.35. The molecular weight excluding hydrogens is 205 g/mol. The van der Waals surface area contributed by atoms with Gasteiger partial charge in [-0.3, -0.25) is 0 Å². The van der Waals surface area contributed by atoms with Crippen LogP contribution in [0.4, 0.5) is 4.39 Å². The lowest BCUT2D eigenvalue weighted by Gasteiger charge is -2.26. The molecule has 2 unspecified atom stereocenters. The Morgan fingerprint density at radius 1 is 1.31 bits per heavy atom. The van der Waals surface area contributed by atoms with Crippen LogP contribution in [0.1, 0.15) is 31.2 Å². The first-order valence-corrected chi connectivity index (χ1v) is 5.90. The van der Waals surface area contributed by atoms with Crippen LogP contribution in [0.3, 0.4) is 0 Å². The van der Waals surface area contributed by atoms with Crippen molar-refractivity contribution in [1.82, 2.24) is 5.32 Å². The number of hydrogen-bond acceptors (Lipinski definition) is 2. The van der Waals surface area contributed by atoms with Gasteiger partial charge in [0.15, 0.2) is 0 Å². The maximum Gasteiger partial charge on any atom is 0.127 e. The van der Waals surface area contributed by atoms with E-state index in [4.69, 9.17) is 0 Å². The second-order valence-corrected chi connectivity index (χ2v) is 4.49. The third kappa shape index (κ3) is 3.03. The van der Waals surface area contributed by atoms with Crippen LogP contribution in [0, 0.1) is 5.82 Å². The maximum atomic E-state index is 13.3. The molecule has 1 aromatic rings. The Kier molecular flexibility index (Phi) is 3.91. The fourth-order valence-electron chi connectivity index (χ4n) is 2.25. The summed E-state index contributed by atoms with van der Waals surface area (Å²) in [5.41, 5.74) is 0.697. The molecule has 0 aliphatic heterocycles. The number of halogens is 1. The van der Waals surface area contributed by atoms with E-state index in [-0.39, 0.29) is 11.9 Å². The monoisotopic (exact) mass is 223 g/mol. The maximum absolute atomic E-state index is 13.3. The van der Waals surface area contributed by atoms with Gasteiger partial charge in [0.1, 0.15) is 5.82 Å². The summed E-state index contributed by atoms with van der Waals surface area (Å²) in [5.74, 6) is -0.161. The minimum absolute atomic E-state index is 0.161. The standard InChI is InChI=1S/C13H18FNO/c14-13-7-2-1-4-10(13)9-15-11-5-3-6-12(16)8-11/h1-2,4,7,11-12,15-16H,3,5-6,8-9H2. The number of aliphatic hydroxyl groups is 1. The van der Waals surface area contributed by atoms with Crippen LogP contribution in [0.5, 0.6) is 0 Å². The summed E-state index contributed by atoms with van der Waals surface area (Å²) in [6.45, 7) is 0.546. The SMILES string of the molecule is OC1CCCC(NCc2ccccc2F)C1. The summed E-state index contributed by atoms with van der Waals surface area (Å²) in [6, 6.07) is 7.14. The summed E-state index contributed by atoms with van der Waals surface area (Å²) >= 11 is 0. The summed E-state index contributed by atoms with van der Waals surface area (Å²) in [4.78, 5) is 0. The van der Waals surface area contributed by atoms with Crippen LogP contribution in [0.25, 0.3) is 0 Å². The van der Waals surface area contributed by atoms with Crippen molar-refractivity contribution in [2.45, 2.75) is 44.4 Å². The molecule has 0 radical (unpaired) electrons. The molecule has 0 amide bonds. The molecule has 16 heavy (non-hydrogen) atoms. The second kappa shape index (κ2) is 5.41. The number of rotatable bonds is 3. The zero-order valence-corrected chi connectivity index (χ0v) is 9.32. The van der Waals surface area contributed by atoms with E-state index in [1.807, 2.05) is 6.07 Å². The molecule has 0 bridgehead atoms. The summed E-state index contributed by atoms with van der Waals surface area (Å²) in [7, 11) is 0. The molecule has 3 heteroatoms. The fourth-order valence-corrected chi connectivity index (χ4v) is 2.25. The normalized spacial score (nSPS) is 25.6. The van der Waals surface area contributed by atoms with E-state index >= 15 is 0 Å². The van der Waals surface area contributed by atoms with Crippen molar-refractivity contribution in [2.24, 2.45) is 0 Å². The van der Waals surface area contributed by atoms with Crippen LogP contribution in [-0.4, -0.2) is 17.3 Å². The number of benzene rings is 1. The molecule has 0 saturated heterocycles. The Hall–Kier alpha value is -0.930. The second-order valence-electron chi connectivity index (χ2n) is 4.49. The predicted octanol–water partition coefficient (Wildman–Crippen LogP) is 2.22. The van der Waals surface area contributed by atoms with Gasteiger partial charge in [-0.2, -0.15) is 0 Å². The van der Waals surface area contributed by atoms with Gasteiger partial charge in [0, 0.05) is 18.2 Å². The van der Waals surface area contributed by atoms with E-state index in [0.717, 1.165) is 25.7 Å². The van der Waals surface area contributed by atoms with Crippen molar-refractivity contribution in [3.63, 3.8) is 0 Å². The van der Waals surface area contributed by atoms with Crippen LogP contribution in [0.15, 0.2) is 24.3 Å². The number of hydrogen-bond donors (Lipinski definition) is 2. The van der Waals surface area contributed by atoms with Gasteiger partial charge in [0.25, 0.3) is 0 Å². The van der Waals surface area contributed by atoms with Gasteiger partial charge < -0.3 is 10.4 Å². The van der Waals surface area contributed by atoms with Gasteiger partial charge >= 0.3 is 0 Å². The van der Waals surface area contributed by atoms with Crippen LogP contribution in [0.2, 0.25) is 0 Å². The fraction of sp³-hybridized carbons (Fsp3) is 0.538. The van der Waals surface area contributed by atoms with Gasteiger partial charge in [-0.05, 0) is 31.7 Å². The molecule has 1 aromatic carbocycles. The van der Waals surface area contributed by atoms with Gasteiger partial charge in [-0.1, -0.05) is 18.2 Å². The molecular formula is C13H18FNO. The van der Waals surface area contributed by atoms with E-state index in [9.17, 15) is 9.50 Å². The Bertz CT molecular complexity index is 342. The van der Waals surface area contributed by atoms with Crippen LogP contribution >= 0.6 is 0 Å². The van der Waals surface area contributed by atoms with Gasteiger partial charge in [-0.15, -0.1) is 0 Å². The summed E-state index contributed by atoms with van der Waals surface area (Å²) in [5, 5.41) is 12.8. The molecule has 1 saturated carbocycles. The predicted molar refractivity (Wildman–Crippen MR) is 61.5 cm³/mol. The lowest BCUT2D eigenvalue weighted by atomic mass is 9.93. The molecule has 0 heterocycles. The van der Waals surface area contributed by atoms with Gasteiger partial charge in [0.05, 0.1) is 6.10 Å². The largest absolute Gasteiger partial charge is 0.393 e. The molecule has 2 atom stereocenters. The van der Waals surface area contributed by atoms with Crippen molar-refractivity contribution in [1.29, 1.82) is 0 Å². The van der Waals surface area contributed by atoms with Crippen LogP contribution < -0.4 is 5.32 Å². The van der Waals surface area contributed by atoms with E-state index in [2.05, 4.69) is 5.32 Å². The minimum Gasteiger partial charge on any atom is -0.393 e. The summed E-state index contributed by atoms with van der Waals surface area (Å²) in [6.07, 6.45) is 3.63. The Balaban J connectivity index is 1.85. The third-order valence-electron chi connectivity index (χ3n) is 3.19. The van der Waals surface area contributed by atoms with E-state index in [0.29, 0.717) is 18.2 Å². The minimum atomic E-state index is -0.188. The number of aliphatic hydroxyl groups excluding tert-OH is 1. The van der Waals surface area contributed by atoms with Crippen molar-refractivity contribution >= 4 is 0 Å². The first-order chi connectivity index (χ1) is 7.75. The highest BCUT2D eigenvalue weighted by atomic mass is 19.1. The Morgan fingerprint density at radius 3 is 2.88 bits per heavy atom. The molecule has 88 valence electrons.